The summed E-state index contributed by atoms with van der Waals surface area (Å²) < 4.78 is 25.0. The zero-order chi connectivity index (χ0) is 25.2. The van der Waals surface area contributed by atoms with Gasteiger partial charge in [0.2, 0.25) is 0 Å². The van der Waals surface area contributed by atoms with Gasteiger partial charge in [0.1, 0.15) is 11.5 Å². The maximum atomic E-state index is 13.6. The maximum absolute atomic E-state index is 13.6. The predicted molar refractivity (Wildman–Crippen MR) is 136 cm³/mol. The first-order valence-corrected chi connectivity index (χ1v) is 12.0. The summed E-state index contributed by atoms with van der Waals surface area (Å²) in [5.41, 5.74) is 5.78. The number of carbonyl (C=O) groups is 1. The molecule has 1 aromatic heterocycles. The number of hydrogen-bond donors (Lipinski definition) is 1. The Bertz CT molecular complexity index is 1380. The zero-order valence-corrected chi connectivity index (χ0v) is 20.5. The van der Waals surface area contributed by atoms with E-state index >= 15 is 0 Å². The minimum absolute atomic E-state index is 0.157. The molecular formula is C29H28FN3O3. The van der Waals surface area contributed by atoms with Crippen LogP contribution in [0.4, 0.5) is 4.39 Å². The number of nitrogens with zero attached hydrogens (tertiary/aromatic N) is 2. The molecule has 184 valence electrons. The van der Waals surface area contributed by atoms with E-state index in [9.17, 15) is 9.18 Å². The van der Waals surface area contributed by atoms with Gasteiger partial charge < -0.3 is 14.4 Å². The van der Waals surface area contributed by atoms with Gasteiger partial charge in [-0.05, 0) is 48.7 Å². The first kappa shape index (κ1) is 23.6. The summed E-state index contributed by atoms with van der Waals surface area (Å²) in [5, 5.41) is 7.52. The molecule has 5 rings (SSSR count). The summed E-state index contributed by atoms with van der Waals surface area (Å²) in [6, 6.07) is 19.7. The molecule has 4 aromatic rings. The van der Waals surface area contributed by atoms with Crippen LogP contribution in [0.15, 0.2) is 66.7 Å². The molecule has 1 N–H and O–H groups in total. The van der Waals surface area contributed by atoms with Gasteiger partial charge in [0.15, 0.2) is 11.5 Å². The van der Waals surface area contributed by atoms with Crippen molar-refractivity contribution in [3.05, 3.63) is 100 Å². The summed E-state index contributed by atoms with van der Waals surface area (Å²) in [6.07, 6.45) is 0.881. The van der Waals surface area contributed by atoms with E-state index in [1.54, 1.807) is 24.1 Å². The molecule has 1 aliphatic rings. The topological polar surface area (TPSA) is 67.5 Å². The first-order valence-electron chi connectivity index (χ1n) is 12.0. The molecule has 36 heavy (non-hydrogen) atoms. The molecule has 2 heterocycles. The Labute approximate surface area is 209 Å². The van der Waals surface area contributed by atoms with Gasteiger partial charge in [0.05, 0.1) is 25.5 Å². The fourth-order valence-corrected chi connectivity index (χ4v) is 4.61. The lowest BCUT2D eigenvalue weighted by Crippen LogP contribution is -2.29. The van der Waals surface area contributed by atoms with Crippen molar-refractivity contribution in [2.75, 3.05) is 13.7 Å². The van der Waals surface area contributed by atoms with Crippen LogP contribution in [0.2, 0.25) is 0 Å². The van der Waals surface area contributed by atoms with E-state index in [1.165, 1.54) is 12.1 Å². The number of amides is 1. The number of ether oxygens (including phenoxy) is 2. The van der Waals surface area contributed by atoms with Crippen molar-refractivity contribution < 1.29 is 18.7 Å². The van der Waals surface area contributed by atoms with Crippen LogP contribution in [-0.4, -0.2) is 34.7 Å². The van der Waals surface area contributed by atoms with Gasteiger partial charge >= 0.3 is 0 Å². The second-order valence-electron chi connectivity index (χ2n) is 8.95. The monoisotopic (exact) mass is 485 g/mol. The highest BCUT2D eigenvalue weighted by atomic mass is 19.1. The van der Waals surface area contributed by atoms with Crippen LogP contribution in [-0.2, 0) is 6.54 Å². The number of aromatic amines is 1. The summed E-state index contributed by atoms with van der Waals surface area (Å²) >= 11 is 0. The lowest BCUT2D eigenvalue weighted by molar-refractivity contribution is 0.0730. The highest BCUT2D eigenvalue weighted by molar-refractivity contribution is 6.00. The van der Waals surface area contributed by atoms with Crippen LogP contribution < -0.4 is 9.47 Å². The van der Waals surface area contributed by atoms with Crippen LogP contribution in [0, 0.1) is 12.7 Å². The Morgan fingerprint density at radius 2 is 1.78 bits per heavy atom. The van der Waals surface area contributed by atoms with Gasteiger partial charge in [-0.1, -0.05) is 55.0 Å². The second-order valence-corrected chi connectivity index (χ2v) is 8.95. The van der Waals surface area contributed by atoms with E-state index < -0.39 is 6.04 Å². The Hall–Kier alpha value is -4.13. The second kappa shape index (κ2) is 9.85. The number of benzene rings is 3. The summed E-state index contributed by atoms with van der Waals surface area (Å²) in [4.78, 5) is 15.4. The number of aryl methyl sites for hydroxylation is 1. The molecule has 1 unspecified atom stereocenters. The van der Waals surface area contributed by atoms with Gasteiger partial charge in [-0.3, -0.25) is 9.89 Å². The molecule has 0 spiro atoms. The number of carbonyl (C=O) groups excluding carboxylic acids is 1. The first-order chi connectivity index (χ1) is 17.5. The molecule has 0 aliphatic carbocycles. The predicted octanol–water partition coefficient (Wildman–Crippen LogP) is 6.07. The minimum Gasteiger partial charge on any atom is -0.493 e. The van der Waals surface area contributed by atoms with Crippen molar-refractivity contribution in [3.8, 4) is 22.8 Å². The van der Waals surface area contributed by atoms with Crippen molar-refractivity contribution in [2.45, 2.75) is 32.9 Å². The van der Waals surface area contributed by atoms with E-state index in [-0.39, 0.29) is 11.7 Å². The molecular weight excluding hydrogens is 457 g/mol. The zero-order valence-electron chi connectivity index (χ0n) is 20.5. The van der Waals surface area contributed by atoms with Gasteiger partial charge in [0, 0.05) is 17.7 Å². The van der Waals surface area contributed by atoms with Gasteiger partial charge in [-0.25, -0.2) is 4.39 Å². The lowest BCUT2D eigenvalue weighted by atomic mass is 9.95. The molecule has 0 fully saturated rings. The number of hydrogen-bond acceptors (Lipinski definition) is 4. The molecule has 0 saturated carbocycles. The molecule has 1 amide bonds. The number of halogens is 1. The molecule has 0 bridgehead atoms. The fourth-order valence-electron chi connectivity index (χ4n) is 4.61. The smallest absolute Gasteiger partial charge is 0.273 e. The van der Waals surface area contributed by atoms with Crippen LogP contribution in [0.1, 0.15) is 52.1 Å². The normalized spacial score (nSPS) is 14.7. The highest BCUT2D eigenvalue weighted by Gasteiger charge is 2.42. The van der Waals surface area contributed by atoms with Crippen molar-refractivity contribution in [1.82, 2.24) is 15.1 Å². The number of H-pyrrole nitrogens is 1. The van der Waals surface area contributed by atoms with E-state index in [1.807, 2.05) is 56.3 Å². The van der Waals surface area contributed by atoms with E-state index in [0.717, 1.165) is 39.9 Å². The van der Waals surface area contributed by atoms with Gasteiger partial charge in [0.25, 0.3) is 5.91 Å². The van der Waals surface area contributed by atoms with Gasteiger partial charge in [-0.15, -0.1) is 0 Å². The molecule has 0 radical (unpaired) electrons. The average Bonchev–Trinajstić information content (AvgIpc) is 3.43. The summed E-state index contributed by atoms with van der Waals surface area (Å²) in [6.45, 7) is 4.98. The number of methoxy groups -OCH3 is 1. The number of fused-ring (bicyclic) bond motifs is 1. The fraction of sp³-hybridized carbons (Fsp3) is 0.241. The number of nitrogens with one attached hydrogen (secondary N) is 1. The van der Waals surface area contributed by atoms with Gasteiger partial charge in [-0.2, -0.15) is 5.10 Å². The third-order valence-electron chi connectivity index (χ3n) is 6.42. The third kappa shape index (κ3) is 4.33. The minimum atomic E-state index is -0.415. The van der Waals surface area contributed by atoms with Crippen molar-refractivity contribution in [1.29, 1.82) is 0 Å². The summed E-state index contributed by atoms with van der Waals surface area (Å²) in [5.74, 6) is 0.787. The third-order valence-corrected chi connectivity index (χ3v) is 6.42. The quantitative estimate of drug-likeness (QED) is 0.329. The molecule has 7 heteroatoms. The molecule has 0 saturated heterocycles. The number of rotatable bonds is 8. The van der Waals surface area contributed by atoms with E-state index in [2.05, 4.69) is 10.2 Å². The largest absolute Gasteiger partial charge is 0.493 e. The van der Waals surface area contributed by atoms with E-state index in [0.29, 0.717) is 30.3 Å². The Morgan fingerprint density at radius 1 is 1.03 bits per heavy atom. The van der Waals surface area contributed by atoms with Crippen molar-refractivity contribution >= 4 is 5.91 Å². The lowest BCUT2D eigenvalue weighted by Gasteiger charge is -2.27. The SMILES string of the molecule is CCCOc1ccc(C2c3c(-c4ccc(C)cc4)n[nH]c3C(=O)N2Cc2ccc(F)cc2)cc1OC. The molecule has 6 nitrogen and oxygen atoms in total. The van der Waals surface area contributed by atoms with E-state index in [4.69, 9.17) is 9.47 Å². The van der Waals surface area contributed by atoms with Crippen LogP contribution in [0.5, 0.6) is 11.5 Å². The Morgan fingerprint density at radius 3 is 2.47 bits per heavy atom. The highest BCUT2D eigenvalue weighted by Crippen LogP contribution is 2.45. The molecule has 1 aliphatic heterocycles. The summed E-state index contributed by atoms with van der Waals surface area (Å²) in [7, 11) is 1.61. The van der Waals surface area contributed by atoms with Crippen molar-refractivity contribution in [3.63, 3.8) is 0 Å². The molecule has 3 aromatic carbocycles. The molecule has 1 atom stereocenters. The Balaban J connectivity index is 1.62. The number of aromatic nitrogens is 2. The standard InChI is InChI=1S/C29H28FN3O3/c1-4-15-36-23-14-11-21(16-24(23)35-3)28-25-26(20-9-5-18(2)6-10-20)31-32-27(25)29(34)33(28)17-19-7-12-22(30)13-8-19/h5-14,16,28H,4,15,17H2,1-3H3,(H,31,32). The van der Waals surface area contributed by atoms with Crippen LogP contribution >= 0.6 is 0 Å². The van der Waals surface area contributed by atoms with Crippen LogP contribution in [0.3, 0.4) is 0 Å². The van der Waals surface area contributed by atoms with Crippen LogP contribution in [0.25, 0.3) is 11.3 Å². The Kier molecular flexibility index (Phi) is 6.46. The average molecular weight is 486 g/mol. The van der Waals surface area contributed by atoms with Crippen molar-refractivity contribution in [2.24, 2.45) is 0 Å². The maximum Gasteiger partial charge on any atom is 0.273 e.